The molecule has 0 bridgehead atoms. The molecule has 0 spiro atoms. The summed E-state index contributed by atoms with van der Waals surface area (Å²) in [6, 6.07) is 9.90. The Morgan fingerprint density at radius 2 is 2.00 bits per heavy atom. The number of halogens is 4. The first-order valence-corrected chi connectivity index (χ1v) is 7.27. The quantitative estimate of drug-likeness (QED) is 0.736. The van der Waals surface area contributed by atoms with Crippen LogP contribution in [0.4, 0.5) is 8.78 Å². The Morgan fingerprint density at radius 1 is 1.25 bits per heavy atom. The summed E-state index contributed by atoms with van der Waals surface area (Å²) in [4.78, 5) is 0. The van der Waals surface area contributed by atoms with E-state index in [0.717, 1.165) is 5.56 Å². The van der Waals surface area contributed by atoms with Crippen molar-refractivity contribution in [2.45, 2.75) is 19.5 Å². The van der Waals surface area contributed by atoms with Gasteiger partial charge in [-0.3, -0.25) is 0 Å². The Labute approximate surface area is 130 Å². The van der Waals surface area contributed by atoms with E-state index in [1.807, 2.05) is 25.1 Å². The van der Waals surface area contributed by atoms with E-state index in [2.05, 4.69) is 21.2 Å². The third kappa shape index (κ3) is 3.57. The van der Waals surface area contributed by atoms with Gasteiger partial charge in [0.2, 0.25) is 0 Å². The fraction of sp³-hybridized carbons (Fsp3) is 0.200. The van der Waals surface area contributed by atoms with Crippen molar-refractivity contribution >= 4 is 27.5 Å². The summed E-state index contributed by atoms with van der Waals surface area (Å²) in [5, 5.41) is 3.73. The summed E-state index contributed by atoms with van der Waals surface area (Å²) < 4.78 is 27.7. The third-order valence-corrected chi connectivity index (χ3v) is 3.92. The second-order valence-corrected chi connectivity index (χ2v) is 5.77. The smallest absolute Gasteiger partial charge is 0.144 e. The molecule has 2 aromatic carbocycles. The maximum atomic E-state index is 13.8. The first-order chi connectivity index (χ1) is 9.49. The molecule has 1 N–H and O–H groups in total. The molecule has 20 heavy (non-hydrogen) atoms. The molecular weight excluding hydrogens is 348 g/mol. The van der Waals surface area contributed by atoms with Crippen molar-refractivity contribution in [1.29, 1.82) is 0 Å². The highest BCUT2D eigenvalue weighted by molar-refractivity contribution is 9.10. The van der Waals surface area contributed by atoms with Gasteiger partial charge in [0.1, 0.15) is 11.6 Å². The maximum Gasteiger partial charge on any atom is 0.144 e. The molecule has 0 unspecified atom stereocenters. The zero-order valence-corrected chi connectivity index (χ0v) is 13.1. The molecule has 1 atom stereocenters. The van der Waals surface area contributed by atoms with Crippen LogP contribution in [-0.4, -0.2) is 0 Å². The van der Waals surface area contributed by atoms with Gasteiger partial charge in [0.15, 0.2) is 0 Å². The van der Waals surface area contributed by atoms with Crippen LogP contribution in [0.2, 0.25) is 5.02 Å². The maximum absolute atomic E-state index is 13.8. The molecule has 0 aromatic heterocycles. The van der Waals surface area contributed by atoms with Crippen molar-refractivity contribution in [2.75, 3.05) is 0 Å². The highest BCUT2D eigenvalue weighted by Gasteiger charge is 2.13. The molecule has 2 aromatic rings. The Bertz CT molecular complexity index is 619. The monoisotopic (exact) mass is 359 g/mol. The van der Waals surface area contributed by atoms with Gasteiger partial charge < -0.3 is 5.32 Å². The van der Waals surface area contributed by atoms with Crippen molar-refractivity contribution in [3.05, 3.63) is 68.7 Å². The molecule has 0 heterocycles. The molecular formula is C15H13BrClF2N. The highest BCUT2D eigenvalue weighted by atomic mass is 79.9. The van der Waals surface area contributed by atoms with Crippen LogP contribution < -0.4 is 5.32 Å². The minimum atomic E-state index is -0.573. The van der Waals surface area contributed by atoms with Gasteiger partial charge in [-0.05, 0) is 52.7 Å². The summed E-state index contributed by atoms with van der Waals surface area (Å²) in [7, 11) is 0. The zero-order chi connectivity index (χ0) is 14.7. The van der Waals surface area contributed by atoms with E-state index < -0.39 is 11.6 Å². The molecule has 2 rings (SSSR count). The zero-order valence-electron chi connectivity index (χ0n) is 10.8. The molecule has 5 heteroatoms. The number of hydrogen-bond acceptors (Lipinski definition) is 1. The Hall–Kier alpha value is -0.970. The first kappa shape index (κ1) is 15.4. The lowest BCUT2D eigenvalue weighted by Gasteiger charge is -2.15. The van der Waals surface area contributed by atoms with E-state index in [4.69, 9.17) is 11.6 Å². The van der Waals surface area contributed by atoms with Crippen LogP contribution in [-0.2, 0) is 6.54 Å². The summed E-state index contributed by atoms with van der Waals surface area (Å²) >= 11 is 8.98. The van der Waals surface area contributed by atoms with Gasteiger partial charge in [0.25, 0.3) is 0 Å². The summed E-state index contributed by atoms with van der Waals surface area (Å²) in [5.74, 6) is -1.13. The number of rotatable bonds is 4. The number of nitrogens with one attached hydrogen (secondary N) is 1. The minimum absolute atomic E-state index is 0.0215. The van der Waals surface area contributed by atoms with Gasteiger partial charge in [-0.1, -0.05) is 23.7 Å². The molecule has 0 amide bonds. The highest BCUT2D eigenvalue weighted by Crippen LogP contribution is 2.23. The molecule has 0 radical (unpaired) electrons. The van der Waals surface area contributed by atoms with Crippen LogP contribution in [0.5, 0.6) is 0 Å². The topological polar surface area (TPSA) is 12.0 Å². The van der Waals surface area contributed by atoms with Crippen LogP contribution in [0, 0.1) is 11.6 Å². The summed E-state index contributed by atoms with van der Waals surface area (Å²) in [6.07, 6.45) is 0. The predicted molar refractivity (Wildman–Crippen MR) is 80.8 cm³/mol. The van der Waals surface area contributed by atoms with Crippen LogP contribution in [0.15, 0.2) is 40.9 Å². The Morgan fingerprint density at radius 3 is 2.70 bits per heavy atom. The molecule has 0 saturated heterocycles. The number of benzene rings is 2. The Balaban J connectivity index is 2.11. The lowest BCUT2D eigenvalue weighted by molar-refractivity contribution is 0.506. The van der Waals surface area contributed by atoms with Crippen molar-refractivity contribution < 1.29 is 8.78 Å². The van der Waals surface area contributed by atoms with E-state index in [0.29, 0.717) is 5.02 Å². The predicted octanol–water partition coefficient (Wildman–Crippen LogP) is 5.23. The standard InChI is InChI=1S/C15H13BrClF2N/c1-9(10-3-2-4-11(17)7-10)20-8-12-14(18)6-5-13(16)15(12)19/h2-7,9,20H,8H2,1H3/t9-/m1/s1. The van der Waals surface area contributed by atoms with Crippen LogP contribution in [0.25, 0.3) is 0 Å². The van der Waals surface area contributed by atoms with E-state index in [1.54, 1.807) is 6.07 Å². The lowest BCUT2D eigenvalue weighted by Crippen LogP contribution is -2.19. The second kappa shape index (κ2) is 6.66. The lowest BCUT2D eigenvalue weighted by atomic mass is 10.1. The summed E-state index contributed by atoms with van der Waals surface area (Å²) in [5.41, 5.74) is 0.988. The number of hydrogen-bond donors (Lipinski definition) is 1. The van der Waals surface area contributed by atoms with Crippen LogP contribution in [0.1, 0.15) is 24.1 Å². The first-order valence-electron chi connectivity index (χ1n) is 6.10. The van der Waals surface area contributed by atoms with Gasteiger partial charge in [-0.15, -0.1) is 0 Å². The van der Waals surface area contributed by atoms with E-state index >= 15 is 0 Å². The summed E-state index contributed by atoms with van der Waals surface area (Å²) in [6.45, 7) is 2.02. The van der Waals surface area contributed by atoms with Crippen molar-refractivity contribution in [3.8, 4) is 0 Å². The fourth-order valence-corrected chi connectivity index (χ4v) is 2.45. The molecule has 0 aliphatic rings. The molecule has 1 nitrogen and oxygen atoms in total. The molecule has 0 aliphatic carbocycles. The van der Waals surface area contributed by atoms with Crippen LogP contribution in [0.3, 0.4) is 0 Å². The van der Waals surface area contributed by atoms with Crippen molar-refractivity contribution in [2.24, 2.45) is 0 Å². The fourth-order valence-electron chi connectivity index (χ4n) is 1.88. The van der Waals surface area contributed by atoms with Crippen molar-refractivity contribution in [1.82, 2.24) is 5.32 Å². The average Bonchev–Trinajstić information content (AvgIpc) is 2.43. The molecule has 0 fully saturated rings. The van der Waals surface area contributed by atoms with Gasteiger partial charge >= 0.3 is 0 Å². The van der Waals surface area contributed by atoms with Crippen molar-refractivity contribution in [3.63, 3.8) is 0 Å². The molecule has 0 saturated carbocycles. The van der Waals surface area contributed by atoms with Gasteiger partial charge in [0, 0.05) is 23.2 Å². The van der Waals surface area contributed by atoms with Gasteiger partial charge in [0.05, 0.1) is 4.47 Å². The van der Waals surface area contributed by atoms with E-state index in [9.17, 15) is 8.78 Å². The van der Waals surface area contributed by atoms with Crippen LogP contribution >= 0.6 is 27.5 Å². The second-order valence-electron chi connectivity index (χ2n) is 4.48. The minimum Gasteiger partial charge on any atom is -0.306 e. The van der Waals surface area contributed by atoms with Gasteiger partial charge in [-0.25, -0.2) is 8.78 Å². The van der Waals surface area contributed by atoms with Gasteiger partial charge in [-0.2, -0.15) is 0 Å². The molecule has 106 valence electrons. The Kier molecular flexibility index (Phi) is 5.13. The largest absolute Gasteiger partial charge is 0.306 e. The normalized spacial score (nSPS) is 12.4. The van der Waals surface area contributed by atoms with E-state index in [-0.39, 0.29) is 22.6 Å². The third-order valence-electron chi connectivity index (χ3n) is 3.07. The SMILES string of the molecule is C[C@@H](NCc1c(F)ccc(Br)c1F)c1cccc(Cl)c1. The molecule has 0 aliphatic heterocycles. The van der Waals surface area contributed by atoms with E-state index in [1.165, 1.54) is 12.1 Å². The average molecular weight is 361 g/mol.